The Morgan fingerprint density at radius 1 is 1.19 bits per heavy atom. The standard InChI is InChI=1S/C12H18O7S.Na/c13-6-19-9-2-1-7-5-11(20(16,17)18)10(12(14)15)4-8(7)3-9;/h6-11H,1-5H2,(H,14,15)(H,16,17,18);/q;+1/p-1. The number of hydrogen-bond donors (Lipinski definition) is 1. The Kier molecular flexibility index (Phi) is 6.67. The topological polar surface area (TPSA) is 121 Å². The van der Waals surface area contributed by atoms with Gasteiger partial charge in [0.2, 0.25) is 0 Å². The average Bonchev–Trinajstić information content (AvgIpc) is 2.36. The van der Waals surface area contributed by atoms with Crippen LogP contribution in [0.25, 0.3) is 0 Å². The maximum Gasteiger partial charge on any atom is 1.00 e. The summed E-state index contributed by atoms with van der Waals surface area (Å²) in [6.07, 6.45) is 1.85. The fourth-order valence-corrected chi connectivity index (χ4v) is 4.72. The van der Waals surface area contributed by atoms with E-state index in [1.54, 1.807) is 0 Å². The molecule has 5 atom stereocenters. The minimum absolute atomic E-state index is 0. The van der Waals surface area contributed by atoms with Crippen molar-refractivity contribution in [1.29, 1.82) is 0 Å². The Morgan fingerprint density at radius 2 is 1.86 bits per heavy atom. The van der Waals surface area contributed by atoms with Crippen LogP contribution in [0.15, 0.2) is 0 Å². The van der Waals surface area contributed by atoms with E-state index in [4.69, 9.17) is 9.84 Å². The van der Waals surface area contributed by atoms with Crippen molar-refractivity contribution in [2.24, 2.45) is 17.8 Å². The third kappa shape index (κ3) is 4.41. The van der Waals surface area contributed by atoms with Crippen molar-refractivity contribution >= 4 is 22.6 Å². The number of carboxylic acids is 1. The second kappa shape index (κ2) is 7.41. The second-order valence-corrected chi connectivity index (χ2v) is 7.23. The molecule has 0 aromatic carbocycles. The molecule has 1 N–H and O–H groups in total. The number of aliphatic carboxylic acids is 1. The summed E-state index contributed by atoms with van der Waals surface area (Å²) in [4.78, 5) is 21.6. The first kappa shape index (κ1) is 18.9. The molecule has 21 heavy (non-hydrogen) atoms. The van der Waals surface area contributed by atoms with Gasteiger partial charge in [-0.3, -0.25) is 9.59 Å². The van der Waals surface area contributed by atoms with E-state index in [0.29, 0.717) is 25.7 Å². The third-order valence-electron chi connectivity index (χ3n) is 4.57. The Bertz CT molecular complexity index is 492. The quantitative estimate of drug-likeness (QED) is 0.340. The van der Waals surface area contributed by atoms with Crippen molar-refractivity contribution in [3.63, 3.8) is 0 Å². The Balaban J connectivity index is 0.00000220. The van der Waals surface area contributed by atoms with Crippen LogP contribution < -0.4 is 29.6 Å². The minimum atomic E-state index is -4.61. The molecule has 0 amide bonds. The number of carbonyl (C=O) groups is 2. The van der Waals surface area contributed by atoms with Crippen LogP contribution in [0.5, 0.6) is 0 Å². The van der Waals surface area contributed by atoms with Crippen molar-refractivity contribution in [2.75, 3.05) is 0 Å². The average molecular weight is 328 g/mol. The van der Waals surface area contributed by atoms with E-state index in [9.17, 15) is 22.6 Å². The van der Waals surface area contributed by atoms with E-state index < -0.39 is 27.3 Å². The van der Waals surface area contributed by atoms with Gasteiger partial charge in [-0.1, -0.05) is 0 Å². The van der Waals surface area contributed by atoms with Crippen LogP contribution in [-0.4, -0.2) is 41.9 Å². The molecule has 0 aromatic rings. The zero-order valence-corrected chi connectivity index (χ0v) is 14.6. The zero-order valence-electron chi connectivity index (χ0n) is 11.8. The number of hydrogen-bond acceptors (Lipinski definition) is 6. The maximum atomic E-state index is 11.3. The predicted octanol–water partition coefficient (Wildman–Crippen LogP) is -2.64. The van der Waals surface area contributed by atoms with Gasteiger partial charge in [-0.15, -0.1) is 0 Å². The van der Waals surface area contributed by atoms with E-state index in [1.807, 2.05) is 0 Å². The molecule has 2 aliphatic rings. The van der Waals surface area contributed by atoms with Crippen LogP contribution >= 0.6 is 0 Å². The molecule has 0 spiro atoms. The van der Waals surface area contributed by atoms with Crippen molar-refractivity contribution < 1.29 is 62.0 Å². The molecule has 2 rings (SSSR count). The molecule has 2 fully saturated rings. The predicted molar refractivity (Wildman–Crippen MR) is 65.6 cm³/mol. The van der Waals surface area contributed by atoms with Crippen molar-refractivity contribution in [1.82, 2.24) is 0 Å². The van der Waals surface area contributed by atoms with Crippen LogP contribution in [0.2, 0.25) is 0 Å². The molecule has 9 heteroatoms. The molecule has 0 bridgehead atoms. The van der Waals surface area contributed by atoms with Crippen LogP contribution in [0.3, 0.4) is 0 Å². The van der Waals surface area contributed by atoms with Crippen LogP contribution in [0.1, 0.15) is 32.1 Å². The summed E-state index contributed by atoms with van der Waals surface area (Å²) in [7, 11) is -4.61. The Labute approximate surface area is 145 Å². The van der Waals surface area contributed by atoms with E-state index >= 15 is 0 Å². The number of ether oxygens (including phenoxy) is 1. The molecule has 0 aromatic heterocycles. The van der Waals surface area contributed by atoms with E-state index in [1.165, 1.54) is 0 Å². The van der Waals surface area contributed by atoms with Gasteiger partial charge in [0.05, 0.1) is 21.3 Å². The SMILES string of the molecule is O=COC1CCC2CC(S(=O)(=O)[O-])C(C(=O)O)CC2C1.[Na+]. The normalized spacial score (nSPS) is 36.0. The summed E-state index contributed by atoms with van der Waals surface area (Å²) in [5, 5.41) is 7.80. The molecule has 5 unspecified atom stereocenters. The van der Waals surface area contributed by atoms with Gasteiger partial charge in [-0.2, -0.15) is 0 Å². The minimum Gasteiger partial charge on any atom is -0.748 e. The number of rotatable bonds is 4. The number of fused-ring (bicyclic) bond motifs is 1. The number of carbonyl (C=O) groups excluding carboxylic acids is 1. The van der Waals surface area contributed by atoms with E-state index in [-0.39, 0.29) is 60.3 Å². The summed E-state index contributed by atoms with van der Waals surface area (Å²) < 4.78 is 38.7. The first-order valence-corrected chi connectivity index (χ1v) is 8.06. The molecule has 0 radical (unpaired) electrons. The number of carboxylic acid groups (broad SMARTS) is 1. The van der Waals surface area contributed by atoms with Crippen molar-refractivity contribution in [2.45, 2.75) is 43.5 Å². The molecule has 2 saturated carbocycles. The summed E-state index contributed by atoms with van der Waals surface area (Å²) in [6, 6.07) is 0. The Hall–Kier alpha value is -0.150. The van der Waals surface area contributed by atoms with Gasteiger partial charge in [-0.25, -0.2) is 8.42 Å². The molecular formula is C12H17NaO7S. The van der Waals surface area contributed by atoms with Gasteiger partial charge in [0.1, 0.15) is 6.10 Å². The first-order valence-electron chi connectivity index (χ1n) is 6.59. The molecule has 2 aliphatic carbocycles. The van der Waals surface area contributed by atoms with Crippen LogP contribution in [0.4, 0.5) is 0 Å². The van der Waals surface area contributed by atoms with Gasteiger partial charge in [-0.05, 0) is 43.9 Å². The Morgan fingerprint density at radius 3 is 2.38 bits per heavy atom. The second-order valence-electron chi connectivity index (χ2n) is 5.63. The van der Waals surface area contributed by atoms with E-state index in [2.05, 4.69) is 0 Å². The maximum absolute atomic E-state index is 11.3. The smallest absolute Gasteiger partial charge is 0.748 e. The van der Waals surface area contributed by atoms with Crippen LogP contribution in [0, 0.1) is 17.8 Å². The monoisotopic (exact) mass is 328 g/mol. The van der Waals surface area contributed by atoms with Gasteiger partial charge in [0.25, 0.3) is 6.47 Å². The van der Waals surface area contributed by atoms with Gasteiger partial charge < -0.3 is 14.4 Å². The molecule has 0 saturated heterocycles. The summed E-state index contributed by atoms with van der Waals surface area (Å²) in [6.45, 7) is 0.382. The largest absolute Gasteiger partial charge is 1.00 e. The molecule has 7 nitrogen and oxygen atoms in total. The fourth-order valence-electron chi connectivity index (χ4n) is 3.60. The first-order chi connectivity index (χ1) is 9.32. The van der Waals surface area contributed by atoms with Crippen molar-refractivity contribution in [3.05, 3.63) is 0 Å². The van der Waals surface area contributed by atoms with Gasteiger partial charge >= 0.3 is 35.5 Å². The molecule has 0 aliphatic heterocycles. The zero-order chi connectivity index (χ0) is 14.9. The third-order valence-corrected chi connectivity index (χ3v) is 5.83. The fraction of sp³-hybridized carbons (Fsp3) is 0.833. The summed E-state index contributed by atoms with van der Waals surface area (Å²) in [5.74, 6) is -2.39. The molecule has 114 valence electrons. The summed E-state index contributed by atoms with van der Waals surface area (Å²) >= 11 is 0. The van der Waals surface area contributed by atoms with E-state index in [0.717, 1.165) is 0 Å². The molecule has 0 heterocycles. The van der Waals surface area contributed by atoms with Crippen molar-refractivity contribution in [3.8, 4) is 0 Å². The van der Waals surface area contributed by atoms with Crippen LogP contribution in [-0.2, 0) is 24.4 Å². The molecular weight excluding hydrogens is 311 g/mol. The summed E-state index contributed by atoms with van der Waals surface area (Å²) in [5.41, 5.74) is 0. The van der Waals surface area contributed by atoms with Gasteiger partial charge in [0.15, 0.2) is 0 Å². The van der Waals surface area contributed by atoms with Gasteiger partial charge in [0, 0.05) is 0 Å².